The highest BCUT2D eigenvalue weighted by molar-refractivity contribution is 7.90. The second kappa shape index (κ2) is 6.99. The number of sulfone groups is 1. The molecule has 2 aromatic carbocycles. The van der Waals surface area contributed by atoms with Crippen molar-refractivity contribution in [2.75, 3.05) is 18.1 Å². The van der Waals surface area contributed by atoms with E-state index in [-0.39, 0.29) is 22.8 Å². The molecule has 0 heterocycles. The van der Waals surface area contributed by atoms with Crippen LogP contribution in [0.25, 0.3) is 0 Å². The van der Waals surface area contributed by atoms with Crippen LogP contribution in [0.3, 0.4) is 0 Å². The summed E-state index contributed by atoms with van der Waals surface area (Å²) in [5.74, 6) is 0. The van der Waals surface area contributed by atoms with Gasteiger partial charge in [-0.05, 0) is 36.8 Å². The molecule has 0 aliphatic rings. The minimum absolute atomic E-state index is 0.0353. The summed E-state index contributed by atoms with van der Waals surface area (Å²) in [7, 11) is -3.56. The summed E-state index contributed by atoms with van der Waals surface area (Å²) in [5.41, 5.74) is -1.07. The van der Waals surface area contributed by atoms with E-state index < -0.39 is 20.4 Å². The largest absolute Gasteiger partial charge is 0.384 e. The van der Waals surface area contributed by atoms with Gasteiger partial charge in [0.1, 0.15) is 11.3 Å². The van der Waals surface area contributed by atoms with E-state index in [4.69, 9.17) is 11.6 Å². The lowest BCUT2D eigenvalue weighted by molar-refractivity contribution is -0.384. The minimum Gasteiger partial charge on any atom is -0.384 e. The number of nitro groups is 1. The number of nitrogens with one attached hydrogen (secondary N) is 1. The van der Waals surface area contributed by atoms with Crippen LogP contribution in [-0.4, -0.2) is 31.2 Å². The molecule has 2 aromatic rings. The van der Waals surface area contributed by atoms with Gasteiger partial charge in [-0.15, -0.1) is 0 Å². The number of rotatable bonds is 6. The van der Waals surface area contributed by atoms with Crippen molar-refractivity contribution >= 4 is 32.8 Å². The fourth-order valence-electron chi connectivity index (χ4n) is 2.24. The van der Waals surface area contributed by atoms with Gasteiger partial charge in [0, 0.05) is 23.9 Å². The SMILES string of the molecule is CC(O)(CNc1ccc(S(C)(=O)=O)cc1[N+](=O)[O-])c1cccc(Cl)c1. The van der Waals surface area contributed by atoms with Crippen LogP contribution >= 0.6 is 11.6 Å². The van der Waals surface area contributed by atoms with Gasteiger partial charge in [-0.2, -0.15) is 0 Å². The Hall–Kier alpha value is -2.16. The molecule has 0 saturated heterocycles. The maximum absolute atomic E-state index is 11.6. The molecule has 25 heavy (non-hydrogen) atoms. The van der Waals surface area contributed by atoms with Crippen LogP contribution < -0.4 is 5.32 Å². The van der Waals surface area contributed by atoms with Gasteiger partial charge in [0.15, 0.2) is 9.84 Å². The minimum atomic E-state index is -3.56. The molecule has 1 unspecified atom stereocenters. The van der Waals surface area contributed by atoms with E-state index in [2.05, 4.69) is 5.32 Å². The Balaban J connectivity index is 2.29. The molecule has 9 heteroatoms. The third kappa shape index (κ3) is 4.68. The lowest BCUT2D eigenvalue weighted by Gasteiger charge is -2.25. The Morgan fingerprint density at radius 2 is 1.96 bits per heavy atom. The van der Waals surface area contributed by atoms with Crippen LogP contribution in [0.2, 0.25) is 5.02 Å². The van der Waals surface area contributed by atoms with Crippen LogP contribution in [0.1, 0.15) is 12.5 Å². The zero-order chi connectivity index (χ0) is 18.8. The van der Waals surface area contributed by atoms with Crippen LogP contribution in [0.5, 0.6) is 0 Å². The predicted octanol–water partition coefficient (Wildman–Crippen LogP) is 2.97. The van der Waals surface area contributed by atoms with Crippen molar-refractivity contribution in [3.8, 4) is 0 Å². The average molecular weight is 385 g/mol. The summed E-state index contributed by atoms with van der Waals surface area (Å²) < 4.78 is 23.1. The molecule has 0 aliphatic heterocycles. The van der Waals surface area contributed by atoms with E-state index in [9.17, 15) is 23.6 Å². The van der Waals surface area contributed by atoms with Crippen LogP contribution in [0.4, 0.5) is 11.4 Å². The lowest BCUT2D eigenvalue weighted by atomic mass is 9.96. The number of anilines is 1. The number of benzene rings is 2. The van der Waals surface area contributed by atoms with Crippen molar-refractivity contribution in [3.05, 3.63) is 63.2 Å². The average Bonchev–Trinajstić information content (AvgIpc) is 2.52. The number of aliphatic hydroxyl groups is 1. The van der Waals surface area contributed by atoms with Crippen molar-refractivity contribution in [2.24, 2.45) is 0 Å². The molecule has 2 rings (SSSR count). The summed E-state index contributed by atoms with van der Waals surface area (Å²) in [5, 5.41) is 25.1. The van der Waals surface area contributed by atoms with Crippen LogP contribution in [0.15, 0.2) is 47.4 Å². The predicted molar refractivity (Wildman–Crippen MR) is 95.7 cm³/mol. The molecule has 7 nitrogen and oxygen atoms in total. The maximum atomic E-state index is 11.6. The summed E-state index contributed by atoms with van der Waals surface area (Å²) >= 11 is 5.92. The van der Waals surface area contributed by atoms with Crippen molar-refractivity contribution < 1.29 is 18.4 Å². The van der Waals surface area contributed by atoms with Gasteiger partial charge in [0.05, 0.1) is 9.82 Å². The van der Waals surface area contributed by atoms with Gasteiger partial charge in [-0.25, -0.2) is 8.42 Å². The molecule has 0 amide bonds. The molecule has 0 aliphatic carbocycles. The topological polar surface area (TPSA) is 110 Å². The van der Waals surface area contributed by atoms with E-state index in [1.54, 1.807) is 31.2 Å². The molecule has 0 aromatic heterocycles. The number of nitrogens with zero attached hydrogens (tertiary/aromatic N) is 1. The second-order valence-corrected chi connectivity index (χ2v) is 8.30. The summed E-state index contributed by atoms with van der Waals surface area (Å²) in [4.78, 5) is 10.4. The zero-order valence-electron chi connectivity index (χ0n) is 13.6. The fraction of sp³-hybridized carbons (Fsp3) is 0.250. The van der Waals surface area contributed by atoms with Gasteiger partial charge in [0.2, 0.25) is 0 Å². The number of hydrogen-bond acceptors (Lipinski definition) is 6. The first-order valence-electron chi connectivity index (χ1n) is 7.21. The lowest BCUT2D eigenvalue weighted by Crippen LogP contribution is -2.30. The molecular weight excluding hydrogens is 368 g/mol. The first-order valence-corrected chi connectivity index (χ1v) is 9.48. The van der Waals surface area contributed by atoms with E-state index in [1.165, 1.54) is 12.1 Å². The molecule has 134 valence electrons. The highest BCUT2D eigenvalue weighted by Crippen LogP contribution is 2.30. The molecule has 0 spiro atoms. The number of nitro benzene ring substituents is 1. The first-order chi connectivity index (χ1) is 11.5. The van der Waals surface area contributed by atoms with Gasteiger partial charge >= 0.3 is 0 Å². The van der Waals surface area contributed by atoms with Crippen molar-refractivity contribution in [1.29, 1.82) is 0 Å². The first kappa shape index (κ1) is 19.2. The van der Waals surface area contributed by atoms with Crippen LogP contribution in [-0.2, 0) is 15.4 Å². The maximum Gasteiger partial charge on any atom is 0.293 e. The standard InChI is InChI=1S/C16H17ClN2O5S/c1-16(20,11-4-3-5-12(17)8-11)10-18-14-7-6-13(25(2,23)24)9-15(14)19(21)22/h3-9,18,20H,10H2,1-2H3. The number of halogens is 1. The van der Waals surface area contributed by atoms with Gasteiger partial charge in [0.25, 0.3) is 5.69 Å². The Morgan fingerprint density at radius 1 is 1.28 bits per heavy atom. The Labute approximate surface area is 150 Å². The van der Waals surface area contributed by atoms with Gasteiger partial charge in [-0.1, -0.05) is 23.7 Å². The van der Waals surface area contributed by atoms with Gasteiger partial charge in [-0.3, -0.25) is 10.1 Å². The normalized spacial score (nSPS) is 13.9. The van der Waals surface area contributed by atoms with E-state index >= 15 is 0 Å². The molecule has 1 atom stereocenters. The third-order valence-corrected chi connectivity index (χ3v) is 5.01. The van der Waals surface area contributed by atoms with Crippen molar-refractivity contribution in [3.63, 3.8) is 0 Å². The Kier molecular flexibility index (Phi) is 5.36. The fourth-order valence-corrected chi connectivity index (χ4v) is 3.07. The van der Waals surface area contributed by atoms with E-state index in [1.807, 2.05) is 0 Å². The highest BCUT2D eigenvalue weighted by atomic mass is 35.5. The molecule has 0 fully saturated rings. The van der Waals surface area contributed by atoms with Crippen molar-refractivity contribution in [1.82, 2.24) is 0 Å². The number of hydrogen-bond donors (Lipinski definition) is 2. The van der Waals surface area contributed by atoms with Crippen molar-refractivity contribution in [2.45, 2.75) is 17.4 Å². The smallest absolute Gasteiger partial charge is 0.293 e. The Bertz CT molecular complexity index is 912. The zero-order valence-corrected chi connectivity index (χ0v) is 15.1. The molecule has 0 bridgehead atoms. The van der Waals surface area contributed by atoms with Gasteiger partial charge < -0.3 is 10.4 Å². The second-order valence-electron chi connectivity index (χ2n) is 5.85. The molecule has 2 N–H and O–H groups in total. The van der Waals surface area contributed by atoms with E-state index in [0.717, 1.165) is 12.3 Å². The summed E-state index contributed by atoms with van der Waals surface area (Å²) in [6.45, 7) is 1.51. The monoisotopic (exact) mass is 384 g/mol. The van der Waals surface area contributed by atoms with Crippen LogP contribution in [0, 0.1) is 10.1 Å². The Morgan fingerprint density at radius 3 is 2.52 bits per heavy atom. The quantitative estimate of drug-likeness (QED) is 0.585. The third-order valence-electron chi connectivity index (χ3n) is 3.66. The highest BCUT2D eigenvalue weighted by Gasteiger charge is 2.25. The molecular formula is C16H17ClN2O5S. The van der Waals surface area contributed by atoms with E-state index in [0.29, 0.717) is 10.6 Å². The summed E-state index contributed by atoms with van der Waals surface area (Å²) in [6, 6.07) is 10.2. The molecule has 0 saturated carbocycles. The molecule has 0 radical (unpaired) electrons. The summed E-state index contributed by atoms with van der Waals surface area (Å²) in [6.07, 6.45) is 0.975.